The van der Waals surface area contributed by atoms with E-state index in [0.29, 0.717) is 6.07 Å². The molecule has 232 valence electrons. The summed E-state index contributed by atoms with van der Waals surface area (Å²) in [5, 5.41) is 12.8. The van der Waals surface area contributed by atoms with Gasteiger partial charge in [0.15, 0.2) is 9.84 Å². The average molecular weight is 629 g/mol. The summed E-state index contributed by atoms with van der Waals surface area (Å²) in [6, 6.07) is 2.87. The summed E-state index contributed by atoms with van der Waals surface area (Å²) in [6.45, 7) is 2.58. The summed E-state index contributed by atoms with van der Waals surface area (Å²) < 4.78 is 136. The van der Waals surface area contributed by atoms with Crippen molar-refractivity contribution in [2.24, 2.45) is 11.7 Å². The summed E-state index contributed by atoms with van der Waals surface area (Å²) in [6.07, 6.45) is -13.3. The molecule has 4 N–H and O–H groups in total. The molecule has 0 spiro atoms. The van der Waals surface area contributed by atoms with E-state index in [4.69, 9.17) is 5.73 Å². The molecule has 6 nitrogen and oxygen atoms in total. The highest BCUT2D eigenvalue weighted by atomic mass is 32.2. The molecule has 0 unspecified atom stereocenters. The third-order valence-corrected chi connectivity index (χ3v) is 10.9. The molecule has 0 aliphatic heterocycles. The number of hydrogen-bond donors (Lipinski definition) is 3. The Hall–Kier alpha value is -2.78. The molecular formula is C27H28F8N2O4S. The number of sulfone groups is 1. The number of nitrogens with one attached hydrogen (secondary N) is 1. The van der Waals surface area contributed by atoms with E-state index < -0.39 is 73.5 Å². The second-order valence-electron chi connectivity index (χ2n) is 11.3. The summed E-state index contributed by atoms with van der Waals surface area (Å²) >= 11 is 0. The molecule has 1 saturated carbocycles. The third-order valence-electron chi connectivity index (χ3n) is 8.35. The van der Waals surface area contributed by atoms with E-state index in [0.717, 1.165) is 30.3 Å². The van der Waals surface area contributed by atoms with Gasteiger partial charge in [0, 0.05) is 17.5 Å². The first-order valence-corrected chi connectivity index (χ1v) is 14.3. The molecule has 0 aromatic heterocycles. The van der Waals surface area contributed by atoms with E-state index in [2.05, 4.69) is 5.32 Å². The van der Waals surface area contributed by atoms with Gasteiger partial charge >= 0.3 is 18.0 Å². The van der Waals surface area contributed by atoms with Crippen molar-refractivity contribution in [3.8, 4) is 0 Å². The van der Waals surface area contributed by atoms with E-state index in [1.807, 2.05) is 0 Å². The highest BCUT2D eigenvalue weighted by Crippen LogP contribution is 2.59. The fourth-order valence-electron chi connectivity index (χ4n) is 6.15. The Morgan fingerprint density at radius 1 is 1.00 bits per heavy atom. The zero-order valence-electron chi connectivity index (χ0n) is 22.3. The van der Waals surface area contributed by atoms with Crippen molar-refractivity contribution in [2.45, 2.75) is 84.9 Å². The van der Waals surface area contributed by atoms with Gasteiger partial charge in [-0.05, 0) is 74.9 Å². The standard InChI is InChI=1S/C27H28F8N2O4S/c1-23(2,39)21(36)22(38)37-20-11-12-24(42(40,41)17-7-5-16(28)6-8-17)18-10-4-15(13-14(18)3-9-19(20)24)25(29,26(30,31)32)27(33,34)35/h4-8,10,13,19-21,39H,3,9,11-12,36H2,1-2H3,(H,37,38)/t19-,20+,21-,24+/m0/s1. The smallest absolute Gasteiger partial charge is 0.388 e. The van der Waals surface area contributed by atoms with Crippen LogP contribution in [0.4, 0.5) is 35.1 Å². The van der Waals surface area contributed by atoms with Crippen molar-refractivity contribution in [1.82, 2.24) is 5.32 Å². The fraction of sp³-hybridized carbons (Fsp3) is 0.519. The maximum atomic E-state index is 14.9. The minimum absolute atomic E-state index is 0.00868. The van der Waals surface area contributed by atoms with Gasteiger partial charge in [-0.15, -0.1) is 0 Å². The Balaban J connectivity index is 1.89. The molecule has 4 rings (SSSR count). The summed E-state index contributed by atoms with van der Waals surface area (Å²) in [5.74, 6) is -2.52. The molecule has 2 aromatic rings. The molecular weight excluding hydrogens is 600 g/mol. The number of halogens is 8. The zero-order valence-corrected chi connectivity index (χ0v) is 23.1. The molecule has 2 aromatic carbocycles. The Morgan fingerprint density at radius 2 is 1.57 bits per heavy atom. The molecule has 42 heavy (non-hydrogen) atoms. The fourth-order valence-corrected chi connectivity index (χ4v) is 8.62. The number of aliphatic hydroxyl groups is 1. The Kier molecular flexibility index (Phi) is 7.77. The van der Waals surface area contributed by atoms with Gasteiger partial charge in [0.05, 0.1) is 10.5 Å². The lowest BCUT2D eigenvalue weighted by Crippen LogP contribution is -2.57. The highest BCUT2D eigenvalue weighted by molar-refractivity contribution is 7.92. The van der Waals surface area contributed by atoms with Crippen LogP contribution < -0.4 is 11.1 Å². The summed E-state index contributed by atoms with van der Waals surface area (Å²) in [4.78, 5) is 12.5. The van der Waals surface area contributed by atoms with Crippen LogP contribution in [0.1, 0.15) is 49.8 Å². The largest absolute Gasteiger partial charge is 0.435 e. The van der Waals surface area contributed by atoms with Gasteiger partial charge in [0.2, 0.25) is 5.91 Å². The minimum Gasteiger partial charge on any atom is -0.388 e. The van der Waals surface area contributed by atoms with Crippen LogP contribution in [0, 0.1) is 11.7 Å². The van der Waals surface area contributed by atoms with Crippen molar-refractivity contribution in [2.75, 3.05) is 0 Å². The van der Waals surface area contributed by atoms with Crippen molar-refractivity contribution >= 4 is 15.7 Å². The van der Waals surface area contributed by atoms with Gasteiger partial charge < -0.3 is 16.2 Å². The van der Waals surface area contributed by atoms with Crippen LogP contribution in [0.15, 0.2) is 47.4 Å². The highest BCUT2D eigenvalue weighted by Gasteiger charge is 2.73. The third kappa shape index (κ3) is 4.86. The summed E-state index contributed by atoms with van der Waals surface area (Å²) in [7, 11) is -4.55. The van der Waals surface area contributed by atoms with Gasteiger partial charge in [-0.1, -0.05) is 18.2 Å². The van der Waals surface area contributed by atoms with Gasteiger partial charge in [0.1, 0.15) is 16.6 Å². The van der Waals surface area contributed by atoms with Crippen molar-refractivity contribution in [1.29, 1.82) is 0 Å². The van der Waals surface area contributed by atoms with Crippen LogP contribution in [0.3, 0.4) is 0 Å². The Bertz CT molecular complexity index is 1450. The number of aryl methyl sites for hydroxylation is 1. The van der Waals surface area contributed by atoms with E-state index >= 15 is 0 Å². The Morgan fingerprint density at radius 3 is 2.10 bits per heavy atom. The van der Waals surface area contributed by atoms with Crippen molar-refractivity contribution in [3.63, 3.8) is 0 Å². The monoisotopic (exact) mass is 628 g/mol. The predicted octanol–water partition coefficient (Wildman–Crippen LogP) is 4.72. The predicted molar refractivity (Wildman–Crippen MR) is 134 cm³/mol. The molecule has 0 bridgehead atoms. The minimum atomic E-state index is -6.36. The van der Waals surface area contributed by atoms with Crippen LogP contribution in [0.5, 0.6) is 0 Å². The number of carbonyl (C=O) groups excluding carboxylic acids is 1. The number of nitrogens with two attached hydrogens (primary N) is 1. The number of hydrogen-bond acceptors (Lipinski definition) is 5. The van der Waals surface area contributed by atoms with Gasteiger partial charge in [-0.2, -0.15) is 26.3 Å². The molecule has 1 fully saturated rings. The van der Waals surface area contributed by atoms with E-state index in [1.165, 1.54) is 13.8 Å². The number of rotatable bonds is 6. The quantitative estimate of drug-likeness (QED) is 0.317. The van der Waals surface area contributed by atoms with E-state index in [9.17, 15) is 53.4 Å². The van der Waals surface area contributed by atoms with Crippen LogP contribution in [0.2, 0.25) is 0 Å². The number of carbonyl (C=O) groups is 1. The van der Waals surface area contributed by atoms with Gasteiger partial charge in [0.25, 0.3) is 0 Å². The van der Waals surface area contributed by atoms with Gasteiger partial charge in [-0.25, -0.2) is 17.2 Å². The first-order chi connectivity index (χ1) is 19.1. The second-order valence-corrected chi connectivity index (χ2v) is 13.5. The number of alkyl halides is 7. The first-order valence-electron chi connectivity index (χ1n) is 12.8. The van der Waals surface area contributed by atoms with Crippen LogP contribution in [-0.4, -0.2) is 49.5 Å². The maximum Gasteiger partial charge on any atom is 0.435 e. The number of amides is 1. The van der Waals surface area contributed by atoms with Crippen LogP contribution in [0.25, 0.3) is 0 Å². The van der Waals surface area contributed by atoms with Crippen LogP contribution in [-0.2, 0) is 31.5 Å². The first kappa shape index (κ1) is 32.1. The lowest BCUT2D eigenvalue weighted by atomic mass is 9.73. The number of benzene rings is 2. The molecule has 0 heterocycles. The Labute approximate surface area is 236 Å². The molecule has 0 radical (unpaired) electrons. The van der Waals surface area contributed by atoms with Crippen molar-refractivity contribution in [3.05, 3.63) is 65.0 Å². The summed E-state index contributed by atoms with van der Waals surface area (Å²) in [5.41, 5.74) is -3.64. The van der Waals surface area contributed by atoms with Crippen molar-refractivity contribution < 1.29 is 53.4 Å². The van der Waals surface area contributed by atoms with E-state index in [-0.39, 0.29) is 47.8 Å². The SMILES string of the molecule is CC(C)(O)[C@@H](N)C(=O)N[C@@H]1CC[C@@]2(S(=O)(=O)c3ccc(F)cc3)c3ccc(C(F)(C(F)(F)F)C(F)(F)F)cc3CC[C@@H]12. The molecule has 0 saturated heterocycles. The normalized spacial score (nSPS) is 24.1. The number of fused-ring (bicyclic) bond motifs is 3. The maximum absolute atomic E-state index is 14.9. The van der Waals surface area contributed by atoms with Crippen LogP contribution >= 0.6 is 0 Å². The second kappa shape index (κ2) is 10.2. The van der Waals surface area contributed by atoms with E-state index in [1.54, 1.807) is 0 Å². The molecule has 1 amide bonds. The molecule has 2 aliphatic rings. The average Bonchev–Trinajstić information content (AvgIpc) is 3.25. The topological polar surface area (TPSA) is 109 Å². The lowest BCUT2D eigenvalue weighted by molar-refractivity contribution is -0.348. The lowest BCUT2D eigenvalue weighted by Gasteiger charge is -2.43. The molecule has 4 atom stereocenters. The zero-order chi connectivity index (χ0) is 31.7. The van der Waals surface area contributed by atoms with Gasteiger partial charge in [-0.3, -0.25) is 4.79 Å². The molecule has 15 heteroatoms. The molecule has 2 aliphatic carbocycles.